The van der Waals surface area contributed by atoms with E-state index in [1.54, 1.807) is 17.9 Å². The molecule has 0 bridgehead atoms. The average molecular weight is 456 g/mol. The molecule has 4 rings (SSSR count). The number of hydrogen-bond donors (Lipinski definition) is 1. The fourth-order valence-corrected chi connectivity index (χ4v) is 4.90. The molecule has 4 heterocycles. The number of carbonyl (C=O) groups excluding carboxylic acids is 2. The van der Waals surface area contributed by atoms with E-state index in [0.29, 0.717) is 37.3 Å². The molecule has 0 saturated carbocycles. The number of nitrogens with zero attached hydrogens (tertiary/aromatic N) is 4. The first-order chi connectivity index (χ1) is 15.8. The number of fused-ring (bicyclic) bond motifs is 1. The molecule has 0 spiro atoms. The molecule has 33 heavy (non-hydrogen) atoms. The van der Waals surface area contributed by atoms with Crippen LogP contribution >= 0.6 is 0 Å². The molecule has 2 aliphatic heterocycles. The summed E-state index contributed by atoms with van der Waals surface area (Å²) in [4.78, 5) is 61.7. The highest BCUT2D eigenvalue weighted by atomic mass is 16.2. The van der Waals surface area contributed by atoms with E-state index in [2.05, 4.69) is 9.97 Å². The van der Waals surface area contributed by atoms with Crippen LogP contribution in [0.4, 0.5) is 0 Å². The van der Waals surface area contributed by atoms with E-state index < -0.39 is 11.2 Å². The minimum atomic E-state index is -0.586. The van der Waals surface area contributed by atoms with E-state index in [-0.39, 0.29) is 34.7 Å². The van der Waals surface area contributed by atoms with Crippen LogP contribution < -0.4 is 11.2 Å². The second kappa shape index (κ2) is 9.49. The van der Waals surface area contributed by atoms with Gasteiger partial charge < -0.3 is 9.80 Å². The number of likely N-dealkylation sites (tertiary alicyclic amines) is 2. The Morgan fingerprint density at radius 1 is 1.09 bits per heavy atom. The van der Waals surface area contributed by atoms with E-state index >= 15 is 0 Å². The molecule has 9 nitrogen and oxygen atoms in total. The Labute approximate surface area is 192 Å². The molecule has 2 amide bonds. The molecular weight excluding hydrogens is 422 g/mol. The van der Waals surface area contributed by atoms with Gasteiger partial charge in [0.1, 0.15) is 0 Å². The minimum Gasteiger partial charge on any atom is -0.343 e. The van der Waals surface area contributed by atoms with Crippen molar-refractivity contribution >= 4 is 22.8 Å². The number of nitrogens with one attached hydrogen (secondary N) is 1. The zero-order chi connectivity index (χ0) is 23.7. The number of rotatable bonds is 5. The van der Waals surface area contributed by atoms with Gasteiger partial charge >= 0.3 is 5.69 Å². The van der Waals surface area contributed by atoms with Gasteiger partial charge in [-0.2, -0.15) is 0 Å². The number of amides is 2. The van der Waals surface area contributed by atoms with Crippen molar-refractivity contribution in [2.75, 3.05) is 26.2 Å². The van der Waals surface area contributed by atoms with E-state index in [1.165, 1.54) is 4.57 Å². The van der Waals surface area contributed by atoms with E-state index in [0.717, 1.165) is 38.8 Å². The molecule has 2 fully saturated rings. The number of carbonyl (C=O) groups is 2. The van der Waals surface area contributed by atoms with Gasteiger partial charge in [0, 0.05) is 44.8 Å². The van der Waals surface area contributed by atoms with Crippen molar-refractivity contribution < 1.29 is 9.59 Å². The lowest BCUT2D eigenvalue weighted by atomic mass is 9.92. The normalized spacial score (nSPS) is 17.3. The molecule has 0 radical (unpaired) electrons. The summed E-state index contributed by atoms with van der Waals surface area (Å²) in [6.45, 7) is 8.89. The van der Waals surface area contributed by atoms with Crippen LogP contribution in [0.25, 0.3) is 11.0 Å². The van der Waals surface area contributed by atoms with Crippen LogP contribution in [0.1, 0.15) is 74.8 Å². The first-order valence-corrected chi connectivity index (χ1v) is 12.0. The Kier molecular flexibility index (Phi) is 6.67. The fraction of sp³-hybridized carbons (Fsp3) is 0.625. The molecule has 0 atom stereocenters. The van der Waals surface area contributed by atoms with Crippen molar-refractivity contribution in [2.45, 2.75) is 65.3 Å². The topological polar surface area (TPSA) is 108 Å². The van der Waals surface area contributed by atoms with Crippen molar-refractivity contribution in [1.82, 2.24) is 24.3 Å². The Morgan fingerprint density at radius 2 is 1.76 bits per heavy atom. The molecule has 0 unspecified atom stereocenters. The summed E-state index contributed by atoms with van der Waals surface area (Å²) in [5.74, 6) is 0.308. The van der Waals surface area contributed by atoms with Crippen molar-refractivity contribution in [3.63, 3.8) is 0 Å². The molecule has 2 aromatic heterocycles. The van der Waals surface area contributed by atoms with Crippen LogP contribution in [-0.2, 0) is 11.3 Å². The third kappa shape index (κ3) is 4.58. The molecule has 1 N–H and O–H groups in total. The number of aryl methyl sites for hydroxylation is 1. The molecule has 0 aromatic carbocycles. The summed E-state index contributed by atoms with van der Waals surface area (Å²) in [6, 6.07) is 1.69. The molecule has 178 valence electrons. The number of pyridine rings is 1. The third-order valence-electron chi connectivity index (χ3n) is 6.93. The lowest BCUT2D eigenvalue weighted by Gasteiger charge is -2.32. The quantitative estimate of drug-likeness (QED) is 0.743. The predicted octanol–water partition coefficient (Wildman–Crippen LogP) is 2.09. The van der Waals surface area contributed by atoms with Gasteiger partial charge in [0.2, 0.25) is 5.91 Å². The van der Waals surface area contributed by atoms with Gasteiger partial charge in [0.25, 0.3) is 11.5 Å². The van der Waals surface area contributed by atoms with E-state index in [1.807, 2.05) is 18.7 Å². The average Bonchev–Trinajstić information content (AvgIpc) is 3.33. The smallest absolute Gasteiger partial charge is 0.329 e. The van der Waals surface area contributed by atoms with Crippen LogP contribution in [0.2, 0.25) is 0 Å². The number of piperidine rings is 1. The summed E-state index contributed by atoms with van der Waals surface area (Å²) in [5, 5.41) is 0.164. The molecule has 2 aliphatic rings. The van der Waals surface area contributed by atoms with Gasteiger partial charge in [0.05, 0.1) is 10.9 Å². The summed E-state index contributed by atoms with van der Waals surface area (Å²) in [7, 11) is 0. The molecule has 0 aliphatic carbocycles. The molecular formula is C24H33N5O4. The van der Waals surface area contributed by atoms with Crippen molar-refractivity contribution in [3.8, 4) is 0 Å². The molecule has 2 aromatic rings. The largest absolute Gasteiger partial charge is 0.343 e. The van der Waals surface area contributed by atoms with Gasteiger partial charge in [-0.3, -0.25) is 23.9 Å². The van der Waals surface area contributed by atoms with Crippen LogP contribution in [0.3, 0.4) is 0 Å². The van der Waals surface area contributed by atoms with Crippen molar-refractivity contribution in [2.24, 2.45) is 5.92 Å². The Morgan fingerprint density at radius 3 is 2.36 bits per heavy atom. The maximum Gasteiger partial charge on any atom is 0.329 e. The van der Waals surface area contributed by atoms with Crippen LogP contribution in [0, 0.1) is 5.92 Å². The summed E-state index contributed by atoms with van der Waals surface area (Å²) in [6.07, 6.45) is 4.24. The second-order valence-electron chi connectivity index (χ2n) is 9.48. The molecule has 9 heteroatoms. The summed E-state index contributed by atoms with van der Waals surface area (Å²) >= 11 is 0. The Balaban J connectivity index is 1.59. The predicted molar refractivity (Wildman–Crippen MR) is 125 cm³/mol. The van der Waals surface area contributed by atoms with E-state index in [9.17, 15) is 19.2 Å². The van der Waals surface area contributed by atoms with Gasteiger partial charge in [-0.05, 0) is 50.5 Å². The summed E-state index contributed by atoms with van der Waals surface area (Å²) < 4.78 is 1.40. The number of aromatic amines is 1. The maximum absolute atomic E-state index is 13.5. The van der Waals surface area contributed by atoms with Gasteiger partial charge in [-0.15, -0.1) is 0 Å². The highest BCUT2D eigenvalue weighted by Gasteiger charge is 2.29. The van der Waals surface area contributed by atoms with Crippen LogP contribution in [-0.4, -0.2) is 62.3 Å². The Bertz CT molecular complexity index is 1170. The highest BCUT2D eigenvalue weighted by molar-refractivity contribution is 6.05. The van der Waals surface area contributed by atoms with Crippen LogP contribution in [0.5, 0.6) is 0 Å². The van der Waals surface area contributed by atoms with Crippen molar-refractivity contribution in [3.05, 3.63) is 38.2 Å². The number of H-pyrrole nitrogens is 1. The minimum absolute atomic E-state index is 0.0305. The number of aromatic nitrogens is 3. The lowest BCUT2D eigenvalue weighted by Crippen LogP contribution is -2.41. The summed E-state index contributed by atoms with van der Waals surface area (Å²) in [5.41, 5.74) is 0.108. The SMILES string of the molecule is CCn1c(=O)[nH]c(=O)c2c(C(=O)N3CCC(CC(=O)N4CCCC4)CC3)cc(C(C)C)nc21. The zero-order valence-corrected chi connectivity index (χ0v) is 19.7. The maximum atomic E-state index is 13.5. The fourth-order valence-electron chi connectivity index (χ4n) is 4.90. The first-order valence-electron chi connectivity index (χ1n) is 12.0. The van der Waals surface area contributed by atoms with Gasteiger partial charge in [0.15, 0.2) is 5.65 Å². The van der Waals surface area contributed by atoms with Gasteiger partial charge in [-0.1, -0.05) is 13.8 Å². The Hall–Kier alpha value is -2.97. The first kappa shape index (κ1) is 23.2. The van der Waals surface area contributed by atoms with Gasteiger partial charge in [-0.25, -0.2) is 9.78 Å². The highest BCUT2D eigenvalue weighted by Crippen LogP contribution is 2.26. The standard InChI is InChI=1S/C24H33N5O4/c1-4-29-21-20(22(31)26-24(29)33)17(14-18(25-21)15(2)3)23(32)28-11-7-16(8-12-28)13-19(30)27-9-5-6-10-27/h14-16H,4-13H2,1-3H3,(H,26,31,33). The van der Waals surface area contributed by atoms with E-state index in [4.69, 9.17) is 0 Å². The number of hydrogen-bond acceptors (Lipinski definition) is 5. The second-order valence-corrected chi connectivity index (χ2v) is 9.48. The molecule has 2 saturated heterocycles. The third-order valence-corrected chi connectivity index (χ3v) is 6.93. The lowest BCUT2D eigenvalue weighted by molar-refractivity contribution is -0.131. The van der Waals surface area contributed by atoms with Crippen LogP contribution in [0.15, 0.2) is 15.7 Å². The van der Waals surface area contributed by atoms with Crippen molar-refractivity contribution in [1.29, 1.82) is 0 Å². The monoisotopic (exact) mass is 455 g/mol. The zero-order valence-electron chi connectivity index (χ0n) is 19.7.